The predicted molar refractivity (Wildman–Crippen MR) is 148 cm³/mol. The molecule has 272 valence electrons. The normalized spacial score (nSPS) is 30.2. The van der Waals surface area contributed by atoms with Crippen LogP contribution in [-0.2, 0) is 91.2 Å². The van der Waals surface area contributed by atoms with Gasteiger partial charge in [-0.1, -0.05) is 0 Å². The average Bonchev–Trinajstić information content (AvgIpc) is 2.90. The predicted octanol–water partition coefficient (Wildman–Crippen LogP) is -2.00. The summed E-state index contributed by atoms with van der Waals surface area (Å²) < 4.78 is 89.7. The van der Waals surface area contributed by atoms with Crippen molar-refractivity contribution in [2.75, 3.05) is 13.2 Å². The van der Waals surface area contributed by atoms with Crippen molar-refractivity contribution in [1.29, 1.82) is 0 Å². The summed E-state index contributed by atoms with van der Waals surface area (Å²) in [5.41, 5.74) is 0. The second-order valence-corrected chi connectivity index (χ2v) is 11.5. The maximum atomic E-state index is 12.3. The molecule has 0 saturated carbocycles. The Balaban J connectivity index is 2.76. The Labute approximate surface area is 273 Å². The van der Waals surface area contributed by atoms with Gasteiger partial charge in [-0.15, -0.1) is 0 Å². The molecule has 0 aromatic rings. The van der Waals surface area contributed by atoms with E-state index in [2.05, 4.69) is 0 Å². The molecule has 0 amide bonds. The van der Waals surface area contributed by atoms with Gasteiger partial charge in [0.05, 0.1) is 0 Å². The van der Waals surface area contributed by atoms with Crippen LogP contribution in [0.4, 0.5) is 0 Å². The number of nitrogens with one attached hydrogen (secondary N) is 1. The molecule has 2 aliphatic heterocycles. The first-order chi connectivity index (χ1) is 22.2. The van der Waals surface area contributed by atoms with Crippen LogP contribution in [-0.4, -0.2) is 129 Å². The van der Waals surface area contributed by atoms with E-state index < -0.39 is 127 Å². The van der Waals surface area contributed by atoms with E-state index in [1.807, 2.05) is 0 Å². The molecule has 2 fully saturated rings. The lowest BCUT2D eigenvalue weighted by molar-refractivity contribution is -0.350. The highest BCUT2D eigenvalue weighted by Gasteiger charge is 2.57. The highest BCUT2D eigenvalue weighted by molar-refractivity contribution is 7.83. The number of esters is 7. The molecule has 2 N–H and O–H groups in total. The van der Waals surface area contributed by atoms with Crippen LogP contribution in [0.5, 0.6) is 0 Å². The third kappa shape index (κ3) is 12.6. The summed E-state index contributed by atoms with van der Waals surface area (Å²) in [5.74, 6) is -6.60. The molecular formula is C26H37NO20S. The van der Waals surface area contributed by atoms with Crippen molar-refractivity contribution in [2.45, 2.75) is 110 Å². The second kappa shape index (κ2) is 17.4. The van der Waals surface area contributed by atoms with Crippen molar-refractivity contribution in [3.8, 4) is 0 Å². The molecule has 0 aliphatic carbocycles. The fourth-order valence-corrected chi connectivity index (χ4v) is 5.34. The third-order valence-corrected chi connectivity index (χ3v) is 6.78. The lowest BCUT2D eigenvalue weighted by atomic mass is 9.95. The quantitative estimate of drug-likeness (QED) is 0.118. The molecule has 2 saturated heterocycles. The minimum atomic E-state index is -5.22. The summed E-state index contributed by atoms with van der Waals surface area (Å²) in [7, 11) is -5.22. The van der Waals surface area contributed by atoms with E-state index in [1.165, 1.54) is 0 Å². The van der Waals surface area contributed by atoms with Gasteiger partial charge in [-0.05, 0) is 0 Å². The van der Waals surface area contributed by atoms with Crippen molar-refractivity contribution in [1.82, 2.24) is 4.72 Å². The number of carbonyl (C=O) groups excluding carboxylic acids is 7. The lowest BCUT2D eigenvalue weighted by Crippen LogP contribution is -2.69. The van der Waals surface area contributed by atoms with Gasteiger partial charge in [-0.25, -0.2) is 0 Å². The molecule has 0 unspecified atom stereocenters. The number of ether oxygens (including phenoxy) is 10. The zero-order valence-corrected chi connectivity index (χ0v) is 27.6. The van der Waals surface area contributed by atoms with Crippen molar-refractivity contribution in [3.63, 3.8) is 0 Å². The maximum Gasteiger partial charge on any atom is 0.333 e. The SMILES string of the molecule is CC(=O)OC[C@H]1O[C@H](OC(C)=O)[C@@H](O[C@H]2O[C@H](COC(C)=O)[C@@H](OC(C)=O)[C@H](OC(C)=O)[C@H]2NS(=O)(=O)O)[C@@H](OC(C)=O)[C@@H]1OC(C)=O. The summed E-state index contributed by atoms with van der Waals surface area (Å²) >= 11 is 0. The van der Waals surface area contributed by atoms with Crippen LogP contribution in [0.1, 0.15) is 48.5 Å². The topological polar surface area (TPSA) is 278 Å². The van der Waals surface area contributed by atoms with Gasteiger partial charge in [-0.2, -0.15) is 13.1 Å². The smallest absolute Gasteiger partial charge is 0.333 e. The van der Waals surface area contributed by atoms with E-state index >= 15 is 0 Å². The van der Waals surface area contributed by atoms with Crippen LogP contribution in [0.3, 0.4) is 0 Å². The Kier molecular flexibility index (Phi) is 14.6. The first-order valence-electron chi connectivity index (χ1n) is 14.0. The molecule has 0 aromatic carbocycles. The van der Waals surface area contributed by atoms with Gasteiger partial charge in [0, 0.05) is 48.5 Å². The van der Waals surface area contributed by atoms with Crippen molar-refractivity contribution >= 4 is 52.1 Å². The van der Waals surface area contributed by atoms with Gasteiger partial charge in [0.1, 0.15) is 31.5 Å². The summed E-state index contributed by atoms with van der Waals surface area (Å²) in [6, 6.07) is -2.01. The second-order valence-electron chi connectivity index (χ2n) is 10.3. The molecule has 0 bridgehead atoms. The van der Waals surface area contributed by atoms with Gasteiger partial charge >= 0.3 is 52.1 Å². The van der Waals surface area contributed by atoms with E-state index in [0.29, 0.717) is 0 Å². The van der Waals surface area contributed by atoms with Gasteiger partial charge < -0.3 is 47.4 Å². The highest BCUT2D eigenvalue weighted by atomic mass is 32.2. The monoisotopic (exact) mass is 715 g/mol. The first kappa shape index (κ1) is 40.2. The molecule has 2 rings (SSSR count). The van der Waals surface area contributed by atoms with E-state index in [-0.39, 0.29) is 0 Å². The molecule has 21 nitrogen and oxygen atoms in total. The molecule has 0 spiro atoms. The molecule has 2 aliphatic rings. The molecule has 0 radical (unpaired) electrons. The standard InChI is InChI=1S/C26H37NO20S/c1-10(28)38-8-17-20(40-12(3)30)22(42-14(5)32)19(27-48(35,36)37)25(45-17)47-24-23(43-15(6)33)21(41-13(4)31)18(9-39-11(2)29)46-26(24)44-16(7)34/h17-27H,8-9H2,1-7H3,(H,35,36,37)/t17-,18-,19-,20-,21-,22-,23+,24+,25-,26+/m1/s1. The van der Waals surface area contributed by atoms with Gasteiger partial charge in [0.15, 0.2) is 36.8 Å². The Morgan fingerprint density at radius 2 is 0.917 bits per heavy atom. The fourth-order valence-electron chi connectivity index (χ4n) is 4.75. The average molecular weight is 716 g/mol. The molecule has 0 aromatic heterocycles. The largest absolute Gasteiger partial charge is 0.463 e. The van der Waals surface area contributed by atoms with Crippen molar-refractivity contribution in [3.05, 3.63) is 0 Å². The Bertz CT molecular complexity index is 1330. The van der Waals surface area contributed by atoms with E-state index in [1.54, 1.807) is 4.72 Å². The van der Waals surface area contributed by atoms with E-state index in [4.69, 9.17) is 47.4 Å². The molecular weight excluding hydrogens is 678 g/mol. The number of rotatable bonds is 13. The molecule has 10 atom stereocenters. The summed E-state index contributed by atoms with van der Waals surface area (Å²) in [4.78, 5) is 84.0. The van der Waals surface area contributed by atoms with Crippen LogP contribution in [0, 0.1) is 0 Å². The third-order valence-electron chi connectivity index (χ3n) is 6.21. The minimum absolute atomic E-state index is 0.620. The van der Waals surface area contributed by atoms with Crippen LogP contribution in [0.25, 0.3) is 0 Å². The lowest BCUT2D eigenvalue weighted by Gasteiger charge is -2.48. The molecule has 2 heterocycles. The zero-order chi connectivity index (χ0) is 36.5. The Morgan fingerprint density at radius 1 is 0.542 bits per heavy atom. The molecule has 48 heavy (non-hydrogen) atoms. The molecule has 22 heteroatoms. The van der Waals surface area contributed by atoms with Crippen molar-refractivity contribution < 1.29 is 93.9 Å². The Morgan fingerprint density at radius 3 is 1.31 bits per heavy atom. The van der Waals surface area contributed by atoms with Crippen LogP contribution in [0.2, 0.25) is 0 Å². The first-order valence-corrected chi connectivity index (χ1v) is 15.5. The van der Waals surface area contributed by atoms with E-state index in [9.17, 15) is 46.5 Å². The van der Waals surface area contributed by atoms with Gasteiger partial charge in [0.2, 0.25) is 6.29 Å². The zero-order valence-electron chi connectivity index (χ0n) is 26.8. The maximum absolute atomic E-state index is 12.3. The summed E-state index contributed by atoms with van der Waals surface area (Å²) in [6.07, 6.45) is -15.9. The Hall–Kier alpha value is -3.96. The van der Waals surface area contributed by atoms with Gasteiger partial charge in [0.25, 0.3) is 0 Å². The summed E-state index contributed by atoms with van der Waals surface area (Å²) in [6.45, 7) is 5.52. The fraction of sp³-hybridized carbons (Fsp3) is 0.731. The van der Waals surface area contributed by atoms with Crippen molar-refractivity contribution in [2.24, 2.45) is 0 Å². The number of hydrogen-bond donors (Lipinski definition) is 2. The summed E-state index contributed by atoms with van der Waals surface area (Å²) in [5, 5.41) is 0. The number of hydrogen-bond acceptors (Lipinski definition) is 19. The van der Waals surface area contributed by atoms with Crippen LogP contribution >= 0.6 is 0 Å². The van der Waals surface area contributed by atoms with Crippen LogP contribution < -0.4 is 4.72 Å². The van der Waals surface area contributed by atoms with E-state index in [0.717, 1.165) is 48.5 Å². The minimum Gasteiger partial charge on any atom is -0.463 e. The highest BCUT2D eigenvalue weighted by Crippen LogP contribution is 2.34. The van der Waals surface area contributed by atoms with Crippen LogP contribution in [0.15, 0.2) is 0 Å². The number of carbonyl (C=O) groups is 7. The van der Waals surface area contributed by atoms with Gasteiger partial charge in [-0.3, -0.25) is 38.1 Å².